The molecule has 4 aromatic rings. The molecule has 3 heterocycles. The Morgan fingerprint density at radius 3 is 2.94 bits per heavy atom. The minimum atomic E-state index is 0.0184. The summed E-state index contributed by atoms with van der Waals surface area (Å²) in [6, 6.07) is 14.4. The van der Waals surface area contributed by atoms with Gasteiger partial charge in [-0.3, -0.25) is 9.48 Å². The fraction of sp³-hybridized carbons (Fsp3) is 0.250. The smallest absolute Gasteiger partial charge is 0.244 e. The lowest BCUT2D eigenvalue weighted by Crippen LogP contribution is -2.35. The quantitative estimate of drug-likeness (QED) is 0.475. The van der Waals surface area contributed by atoms with Crippen molar-refractivity contribution >= 4 is 27.3 Å². The normalized spacial score (nSPS) is 13.5. The third-order valence-electron chi connectivity index (χ3n) is 5.54. The van der Waals surface area contributed by atoms with E-state index in [2.05, 4.69) is 40.8 Å². The Hall–Kier alpha value is -3.32. The van der Waals surface area contributed by atoms with Crippen LogP contribution in [0.1, 0.15) is 11.3 Å². The van der Waals surface area contributed by atoms with Crippen LogP contribution >= 0.6 is 11.3 Å². The second kappa shape index (κ2) is 8.07. The molecule has 0 radical (unpaired) electrons. The first kappa shape index (κ1) is 19.6. The molecular formula is C24H23N3O3S. The second-order valence-corrected chi connectivity index (χ2v) is 8.54. The van der Waals surface area contributed by atoms with Gasteiger partial charge in [-0.1, -0.05) is 18.2 Å². The van der Waals surface area contributed by atoms with Crippen molar-refractivity contribution in [1.29, 1.82) is 0 Å². The maximum absolute atomic E-state index is 13.0. The Balaban J connectivity index is 1.50. The zero-order chi connectivity index (χ0) is 21.4. The van der Waals surface area contributed by atoms with Crippen LogP contribution in [0.15, 0.2) is 54.0 Å². The van der Waals surface area contributed by atoms with Gasteiger partial charge in [-0.2, -0.15) is 5.10 Å². The number of hydrogen-bond acceptors (Lipinski definition) is 5. The van der Waals surface area contributed by atoms with Crippen molar-refractivity contribution in [3.05, 3.63) is 65.3 Å². The van der Waals surface area contributed by atoms with Gasteiger partial charge in [-0.15, -0.1) is 11.3 Å². The number of amides is 1. The fourth-order valence-corrected chi connectivity index (χ4v) is 4.96. The van der Waals surface area contributed by atoms with Crippen LogP contribution in [0.25, 0.3) is 21.2 Å². The molecular weight excluding hydrogens is 410 g/mol. The zero-order valence-corrected chi connectivity index (χ0v) is 18.3. The number of carbonyl (C=O) groups excluding carboxylic acids is 1. The maximum Gasteiger partial charge on any atom is 0.244 e. The van der Waals surface area contributed by atoms with E-state index in [0.29, 0.717) is 25.4 Å². The third-order valence-corrected chi connectivity index (χ3v) is 6.50. The van der Waals surface area contributed by atoms with Gasteiger partial charge < -0.3 is 14.4 Å². The molecule has 0 bridgehead atoms. The molecule has 0 N–H and O–H groups in total. The van der Waals surface area contributed by atoms with E-state index in [1.54, 1.807) is 23.1 Å². The van der Waals surface area contributed by atoms with Gasteiger partial charge in [0, 0.05) is 34.0 Å². The molecule has 31 heavy (non-hydrogen) atoms. The van der Waals surface area contributed by atoms with Gasteiger partial charge in [0.1, 0.15) is 13.2 Å². The fourth-order valence-electron chi connectivity index (χ4n) is 3.99. The molecule has 0 atom stereocenters. The van der Waals surface area contributed by atoms with Crippen molar-refractivity contribution < 1.29 is 14.3 Å². The lowest BCUT2D eigenvalue weighted by molar-refractivity contribution is -0.132. The SMILES string of the molecule is COc1cc(-c2csc3ccccc23)cc2c1OCCN(C(=O)Cn1ccc(C)n1)C2. The lowest BCUT2D eigenvalue weighted by atomic mass is 10.0. The number of methoxy groups -OCH3 is 1. The van der Waals surface area contributed by atoms with Crippen LogP contribution in [0, 0.1) is 6.92 Å². The van der Waals surface area contributed by atoms with Crippen LogP contribution in [-0.4, -0.2) is 40.8 Å². The van der Waals surface area contributed by atoms with E-state index in [0.717, 1.165) is 28.1 Å². The van der Waals surface area contributed by atoms with Crippen LogP contribution in [0.3, 0.4) is 0 Å². The molecule has 0 saturated carbocycles. The van der Waals surface area contributed by atoms with E-state index in [1.165, 1.54) is 10.1 Å². The van der Waals surface area contributed by atoms with E-state index in [4.69, 9.17) is 9.47 Å². The third kappa shape index (κ3) is 3.77. The first-order valence-corrected chi connectivity index (χ1v) is 11.1. The summed E-state index contributed by atoms with van der Waals surface area (Å²) in [5, 5.41) is 7.72. The Morgan fingerprint density at radius 2 is 2.13 bits per heavy atom. The summed E-state index contributed by atoms with van der Waals surface area (Å²) in [5.41, 5.74) is 4.08. The number of aromatic nitrogens is 2. The molecule has 1 amide bonds. The van der Waals surface area contributed by atoms with Crippen LogP contribution in [-0.2, 0) is 17.9 Å². The number of benzene rings is 2. The van der Waals surface area contributed by atoms with Gasteiger partial charge in [0.15, 0.2) is 11.5 Å². The molecule has 2 aromatic carbocycles. The van der Waals surface area contributed by atoms with Gasteiger partial charge in [0.25, 0.3) is 0 Å². The highest BCUT2D eigenvalue weighted by atomic mass is 32.1. The van der Waals surface area contributed by atoms with Crippen molar-refractivity contribution in [3.63, 3.8) is 0 Å². The largest absolute Gasteiger partial charge is 0.493 e. The molecule has 2 aromatic heterocycles. The number of carbonyl (C=O) groups is 1. The predicted octanol–water partition coefficient (Wildman–Crippen LogP) is 4.50. The van der Waals surface area contributed by atoms with Crippen LogP contribution in [0.5, 0.6) is 11.5 Å². The number of aryl methyl sites for hydroxylation is 1. The van der Waals surface area contributed by atoms with E-state index in [-0.39, 0.29) is 12.5 Å². The highest BCUT2D eigenvalue weighted by molar-refractivity contribution is 7.17. The molecule has 0 unspecified atom stereocenters. The summed E-state index contributed by atoms with van der Waals surface area (Å²) in [5.74, 6) is 1.43. The zero-order valence-electron chi connectivity index (χ0n) is 17.5. The first-order chi connectivity index (χ1) is 15.1. The van der Waals surface area contributed by atoms with Gasteiger partial charge in [0.05, 0.1) is 19.3 Å². The summed E-state index contributed by atoms with van der Waals surface area (Å²) in [4.78, 5) is 14.8. The molecule has 0 aliphatic carbocycles. The number of nitrogens with zero attached hydrogens (tertiary/aromatic N) is 3. The monoisotopic (exact) mass is 433 g/mol. The Morgan fingerprint density at radius 1 is 1.26 bits per heavy atom. The highest BCUT2D eigenvalue weighted by Crippen LogP contribution is 2.41. The standard InChI is InChI=1S/C24H23N3O3S/c1-16-7-8-27(25-16)14-23(28)26-9-10-30-24-18(13-26)11-17(12-21(24)29-2)20-15-31-22-6-4-3-5-19(20)22/h3-8,11-12,15H,9-10,13-14H2,1-2H3. The lowest BCUT2D eigenvalue weighted by Gasteiger charge is -2.20. The molecule has 1 aliphatic heterocycles. The van der Waals surface area contributed by atoms with Gasteiger partial charge >= 0.3 is 0 Å². The van der Waals surface area contributed by atoms with Crippen LogP contribution < -0.4 is 9.47 Å². The second-order valence-electron chi connectivity index (χ2n) is 7.63. The van der Waals surface area contributed by atoms with Crippen LogP contribution in [0.2, 0.25) is 0 Å². The summed E-state index contributed by atoms with van der Waals surface area (Å²) in [6.07, 6.45) is 1.83. The molecule has 0 fully saturated rings. The number of fused-ring (bicyclic) bond motifs is 2. The van der Waals surface area contributed by atoms with Crippen molar-refractivity contribution in [3.8, 4) is 22.6 Å². The number of hydrogen-bond donors (Lipinski definition) is 0. The molecule has 5 rings (SSSR count). The Kier molecular flexibility index (Phi) is 5.11. The number of ether oxygens (including phenoxy) is 2. The number of rotatable bonds is 4. The maximum atomic E-state index is 13.0. The summed E-state index contributed by atoms with van der Waals surface area (Å²) in [7, 11) is 1.66. The van der Waals surface area contributed by atoms with E-state index in [1.807, 2.05) is 30.2 Å². The predicted molar refractivity (Wildman–Crippen MR) is 122 cm³/mol. The number of thiophene rings is 1. The van der Waals surface area contributed by atoms with Gasteiger partial charge in [0.2, 0.25) is 5.91 Å². The molecule has 6 nitrogen and oxygen atoms in total. The van der Waals surface area contributed by atoms with Crippen molar-refractivity contribution in [2.24, 2.45) is 0 Å². The van der Waals surface area contributed by atoms with Gasteiger partial charge in [-0.25, -0.2) is 0 Å². The average Bonchev–Trinajstić information content (AvgIpc) is 3.32. The molecule has 7 heteroatoms. The van der Waals surface area contributed by atoms with Crippen molar-refractivity contribution in [2.45, 2.75) is 20.0 Å². The van der Waals surface area contributed by atoms with E-state index in [9.17, 15) is 4.79 Å². The van der Waals surface area contributed by atoms with Gasteiger partial charge in [-0.05, 0) is 42.1 Å². The van der Waals surface area contributed by atoms with E-state index < -0.39 is 0 Å². The Bertz CT molecular complexity index is 1260. The summed E-state index contributed by atoms with van der Waals surface area (Å²) in [6.45, 7) is 3.55. The molecule has 0 saturated heterocycles. The average molecular weight is 434 g/mol. The minimum Gasteiger partial charge on any atom is -0.493 e. The summed E-state index contributed by atoms with van der Waals surface area (Å²) < 4.78 is 14.6. The Labute approximate surface area is 184 Å². The van der Waals surface area contributed by atoms with E-state index >= 15 is 0 Å². The van der Waals surface area contributed by atoms with Crippen molar-refractivity contribution in [2.75, 3.05) is 20.3 Å². The summed E-state index contributed by atoms with van der Waals surface area (Å²) >= 11 is 1.73. The van der Waals surface area contributed by atoms with Crippen LogP contribution in [0.4, 0.5) is 0 Å². The molecule has 158 valence electrons. The minimum absolute atomic E-state index is 0.0184. The highest BCUT2D eigenvalue weighted by Gasteiger charge is 2.24. The molecule has 0 spiro atoms. The topological polar surface area (TPSA) is 56.6 Å². The van der Waals surface area contributed by atoms with Crippen molar-refractivity contribution in [1.82, 2.24) is 14.7 Å². The first-order valence-electron chi connectivity index (χ1n) is 10.2. The molecule has 1 aliphatic rings.